The Bertz CT molecular complexity index is 1670. The van der Waals surface area contributed by atoms with Crippen molar-refractivity contribution >= 4 is 21.9 Å². The molecule has 4 rings (SSSR count). The summed E-state index contributed by atoms with van der Waals surface area (Å²) in [5, 5.41) is 38.9. The van der Waals surface area contributed by atoms with Crippen LogP contribution in [-0.4, -0.2) is 23.7 Å². The van der Waals surface area contributed by atoms with Gasteiger partial charge in [0.25, 0.3) is 0 Å². The maximum absolute atomic E-state index is 15.1. The number of hydrogen-bond acceptors (Lipinski definition) is 6. The lowest BCUT2D eigenvalue weighted by molar-refractivity contribution is 0.161. The Morgan fingerprint density at radius 1 is 0.639 bits per heavy atom. The standard InChI is InChI=1S/C26H14F2N6O2/c1-35-33-23(15(11-29)12-30)21-22(25(33)17-7-3-5-9-19(17)27)24(16(13-31)14-32)34(36-2)26(21)18-8-4-6-10-20(18)28/h3-10H,1-2H3. The molecule has 0 bridgehead atoms. The van der Waals surface area contributed by atoms with E-state index >= 15 is 8.78 Å². The van der Waals surface area contributed by atoms with Crippen molar-refractivity contribution in [3.05, 3.63) is 70.9 Å². The van der Waals surface area contributed by atoms with Crippen molar-refractivity contribution in [3.63, 3.8) is 0 Å². The van der Waals surface area contributed by atoms with Gasteiger partial charge in [-0.3, -0.25) is 0 Å². The van der Waals surface area contributed by atoms with Gasteiger partial charge in [-0.2, -0.15) is 30.5 Å². The summed E-state index contributed by atoms with van der Waals surface area (Å²) in [6.07, 6.45) is 0. The smallest absolute Gasteiger partial charge is 0.157 e. The molecule has 0 atom stereocenters. The van der Waals surface area contributed by atoms with E-state index in [0.717, 1.165) is 9.46 Å². The molecule has 0 fully saturated rings. The van der Waals surface area contributed by atoms with Crippen LogP contribution in [0.1, 0.15) is 0 Å². The molecule has 10 heteroatoms. The highest BCUT2D eigenvalue weighted by Crippen LogP contribution is 2.35. The first-order valence-electron chi connectivity index (χ1n) is 10.3. The summed E-state index contributed by atoms with van der Waals surface area (Å²) in [5.74, 6) is -1.37. The van der Waals surface area contributed by atoms with Gasteiger partial charge < -0.3 is 9.68 Å². The third-order valence-corrected chi connectivity index (χ3v) is 5.55. The van der Waals surface area contributed by atoms with Crippen LogP contribution in [0.15, 0.2) is 48.5 Å². The lowest BCUT2D eigenvalue weighted by Crippen LogP contribution is -2.28. The quantitative estimate of drug-likeness (QED) is 0.442. The molecule has 4 aromatic rings. The number of rotatable bonds is 4. The van der Waals surface area contributed by atoms with Gasteiger partial charge in [0.2, 0.25) is 0 Å². The van der Waals surface area contributed by atoms with Gasteiger partial charge in [0.15, 0.2) is 11.1 Å². The van der Waals surface area contributed by atoms with E-state index in [2.05, 4.69) is 0 Å². The van der Waals surface area contributed by atoms with Crippen molar-refractivity contribution in [3.8, 4) is 46.8 Å². The molecule has 2 aromatic carbocycles. The van der Waals surface area contributed by atoms with Crippen molar-refractivity contribution in [1.29, 1.82) is 21.0 Å². The summed E-state index contributed by atoms with van der Waals surface area (Å²) < 4.78 is 32.4. The average Bonchev–Trinajstić information content (AvgIpc) is 3.38. The highest BCUT2D eigenvalue weighted by atomic mass is 19.1. The van der Waals surface area contributed by atoms with E-state index in [-0.39, 0.29) is 44.0 Å². The SMILES string of the molecule is COn1c(-c2ccccc2F)c2c(=C(C#N)C#N)n(OC)c(-c3ccccc3F)c2c1=C(C#N)C#N. The average molecular weight is 480 g/mol. The van der Waals surface area contributed by atoms with Crippen LogP contribution < -0.4 is 20.4 Å². The maximum atomic E-state index is 15.1. The van der Waals surface area contributed by atoms with Gasteiger partial charge in [0, 0.05) is 21.9 Å². The zero-order valence-electron chi connectivity index (χ0n) is 18.9. The van der Waals surface area contributed by atoms with Crippen molar-refractivity contribution in [2.24, 2.45) is 0 Å². The summed E-state index contributed by atoms with van der Waals surface area (Å²) in [7, 11) is 2.48. The number of nitrogens with zero attached hydrogens (tertiary/aromatic N) is 6. The van der Waals surface area contributed by atoms with Gasteiger partial charge in [-0.25, -0.2) is 8.78 Å². The Morgan fingerprint density at radius 3 is 1.25 bits per heavy atom. The molecule has 0 aliphatic rings. The first-order chi connectivity index (χ1) is 17.5. The molecule has 0 N–H and O–H groups in total. The summed E-state index contributed by atoms with van der Waals surface area (Å²) in [6.45, 7) is 0. The second-order valence-electron chi connectivity index (χ2n) is 7.26. The number of aromatic nitrogens is 2. The fourth-order valence-corrected chi connectivity index (χ4v) is 4.20. The lowest BCUT2D eigenvalue weighted by atomic mass is 10.0. The van der Waals surface area contributed by atoms with Gasteiger partial charge in [0.05, 0.1) is 0 Å². The molecule has 174 valence electrons. The Labute approximate surface area is 203 Å². The minimum Gasteiger partial charge on any atom is -0.416 e. The van der Waals surface area contributed by atoms with E-state index in [1.165, 1.54) is 50.6 Å². The van der Waals surface area contributed by atoms with Gasteiger partial charge in [-0.05, 0) is 24.3 Å². The number of nitriles is 4. The molecule has 0 spiro atoms. The molecule has 2 aromatic heterocycles. The highest BCUT2D eigenvalue weighted by Gasteiger charge is 2.30. The molecule has 0 amide bonds. The molecule has 0 unspecified atom stereocenters. The molecule has 8 nitrogen and oxygen atoms in total. The minimum atomic E-state index is -0.684. The number of halogens is 2. The summed E-state index contributed by atoms with van der Waals surface area (Å²) >= 11 is 0. The van der Waals surface area contributed by atoms with E-state index in [0.29, 0.717) is 0 Å². The lowest BCUT2D eigenvalue weighted by Gasteiger charge is -2.12. The van der Waals surface area contributed by atoms with Crippen molar-refractivity contribution in [1.82, 2.24) is 9.46 Å². The van der Waals surface area contributed by atoms with E-state index in [4.69, 9.17) is 9.68 Å². The van der Waals surface area contributed by atoms with Gasteiger partial charge in [0.1, 0.15) is 72.2 Å². The molecule has 0 aliphatic heterocycles. The van der Waals surface area contributed by atoms with Crippen molar-refractivity contribution in [2.75, 3.05) is 14.2 Å². The molecule has 0 saturated heterocycles. The number of benzene rings is 2. The molecular formula is C26H14F2N6O2. The normalized spacial score (nSPS) is 10.1. The third kappa shape index (κ3) is 3.30. The zero-order chi connectivity index (χ0) is 26.0. The third-order valence-electron chi connectivity index (χ3n) is 5.55. The Hall–Kier alpha value is -5.58. The zero-order valence-corrected chi connectivity index (χ0v) is 18.9. The summed E-state index contributed by atoms with van der Waals surface area (Å²) in [5.41, 5.74) is -0.911. The predicted octanol–water partition coefficient (Wildman–Crippen LogP) is 2.57. The molecular weight excluding hydrogens is 466 g/mol. The van der Waals surface area contributed by atoms with Crippen LogP contribution >= 0.6 is 0 Å². The van der Waals surface area contributed by atoms with E-state index < -0.39 is 22.8 Å². The molecule has 0 saturated carbocycles. The Balaban J connectivity index is 2.57. The predicted molar refractivity (Wildman–Crippen MR) is 124 cm³/mol. The highest BCUT2D eigenvalue weighted by molar-refractivity contribution is 6.08. The second-order valence-corrected chi connectivity index (χ2v) is 7.26. The van der Waals surface area contributed by atoms with Crippen LogP contribution in [0.5, 0.6) is 0 Å². The largest absolute Gasteiger partial charge is 0.416 e. The topological polar surface area (TPSA) is 123 Å². The van der Waals surface area contributed by atoms with Crippen LogP contribution in [0.25, 0.3) is 44.4 Å². The number of hydrogen-bond donors (Lipinski definition) is 0. The van der Waals surface area contributed by atoms with Crippen LogP contribution in [-0.2, 0) is 0 Å². The minimum absolute atomic E-state index is 0.00464. The first-order valence-corrected chi connectivity index (χ1v) is 10.3. The first kappa shape index (κ1) is 23.6. The van der Waals surface area contributed by atoms with E-state index in [1.807, 2.05) is 0 Å². The molecule has 36 heavy (non-hydrogen) atoms. The van der Waals surface area contributed by atoms with Gasteiger partial charge in [-0.15, -0.1) is 0 Å². The summed E-state index contributed by atoms with van der Waals surface area (Å²) in [6, 6.07) is 18.4. The molecule has 0 aliphatic carbocycles. The van der Waals surface area contributed by atoms with Gasteiger partial charge in [-0.1, -0.05) is 24.3 Å². The fourth-order valence-electron chi connectivity index (χ4n) is 4.20. The van der Waals surface area contributed by atoms with Crippen LogP contribution in [0.3, 0.4) is 0 Å². The number of fused-ring (bicyclic) bond motifs is 1. The summed E-state index contributed by atoms with van der Waals surface area (Å²) in [4.78, 5) is 11.0. The Kier molecular flexibility index (Phi) is 6.12. The molecule has 0 radical (unpaired) electrons. The maximum Gasteiger partial charge on any atom is 0.157 e. The van der Waals surface area contributed by atoms with Crippen molar-refractivity contribution in [2.45, 2.75) is 0 Å². The van der Waals surface area contributed by atoms with E-state index in [1.54, 1.807) is 36.4 Å². The monoisotopic (exact) mass is 480 g/mol. The van der Waals surface area contributed by atoms with Crippen LogP contribution in [0.2, 0.25) is 0 Å². The van der Waals surface area contributed by atoms with E-state index in [9.17, 15) is 21.0 Å². The molecule has 2 heterocycles. The van der Waals surface area contributed by atoms with Gasteiger partial charge >= 0.3 is 0 Å². The van der Waals surface area contributed by atoms with Crippen molar-refractivity contribution < 1.29 is 18.5 Å². The van der Waals surface area contributed by atoms with Crippen LogP contribution in [0.4, 0.5) is 8.78 Å². The fraction of sp³-hybridized carbons (Fsp3) is 0.0769. The van der Waals surface area contributed by atoms with Crippen LogP contribution in [0, 0.1) is 57.0 Å². The second kappa shape index (κ2) is 9.35. The Morgan fingerprint density at radius 2 is 0.972 bits per heavy atom.